The van der Waals surface area contributed by atoms with Gasteiger partial charge in [-0.2, -0.15) is 0 Å². The molecule has 3 aromatic rings. The van der Waals surface area contributed by atoms with Crippen molar-refractivity contribution in [2.45, 2.75) is 46.1 Å². The molecule has 0 fully saturated rings. The Morgan fingerprint density at radius 1 is 1.06 bits per heavy atom. The van der Waals surface area contributed by atoms with Gasteiger partial charge in [-0.15, -0.1) is 10.2 Å². The number of hydrogen-bond donors (Lipinski definition) is 1. The monoisotopic (exact) mass is 431 g/mol. The van der Waals surface area contributed by atoms with Gasteiger partial charge in [-0.05, 0) is 37.0 Å². The zero-order valence-corrected chi connectivity index (χ0v) is 19.3. The predicted octanol–water partition coefficient (Wildman–Crippen LogP) is 3.53. The number of carbonyl (C=O) groups is 1. The van der Waals surface area contributed by atoms with E-state index in [1.807, 2.05) is 32.0 Å². The minimum absolute atomic E-state index is 0.0285. The fourth-order valence-electron chi connectivity index (χ4n) is 4.52. The van der Waals surface area contributed by atoms with E-state index >= 15 is 0 Å². The molecular formula is C26H33N5O. The van der Waals surface area contributed by atoms with E-state index in [0.717, 1.165) is 60.9 Å². The number of nitrogens with zero attached hydrogens (tertiary/aromatic N) is 4. The van der Waals surface area contributed by atoms with E-state index in [-0.39, 0.29) is 5.91 Å². The van der Waals surface area contributed by atoms with Crippen LogP contribution in [0.2, 0.25) is 0 Å². The standard InChI is InChI=1S/C26H33N5O/c1-19-9-10-23(20(2)17-19)26(32)27-13-11-24-28-29-25-12-14-30(15-16-31(24)25)18-21(3)22-7-5-4-6-8-22/h4-10,17,21H,11-16,18H2,1-3H3,(H,27,32)/t21-/m0/s1. The number of aryl methyl sites for hydroxylation is 2. The van der Waals surface area contributed by atoms with Crippen LogP contribution in [0.25, 0.3) is 0 Å². The van der Waals surface area contributed by atoms with Gasteiger partial charge < -0.3 is 14.8 Å². The molecular weight excluding hydrogens is 398 g/mol. The van der Waals surface area contributed by atoms with Crippen molar-refractivity contribution in [1.82, 2.24) is 25.0 Å². The molecule has 32 heavy (non-hydrogen) atoms. The number of fused-ring (bicyclic) bond motifs is 1. The maximum Gasteiger partial charge on any atom is 0.251 e. The summed E-state index contributed by atoms with van der Waals surface area (Å²) in [6, 6.07) is 16.6. The summed E-state index contributed by atoms with van der Waals surface area (Å²) in [7, 11) is 0. The first-order valence-electron chi connectivity index (χ1n) is 11.5. The highest BCUT2D eigenvalue weighted by Crippen LogP contribution is 2.18. The second-order valence-corrected chi connectivity index (χ2v) is 8.87. The minimum atomic E-state index is -0.0285. The first-order chi connectivity index (χ1) is 15.5. The van der Waals surface area contributed by atoms with Gasteiger partial charge in [-0.3, -0.25) is 4.79 Å². The Balaban J connectivity index is 1.31. The zero-order valence-electron chi connectivity index (χ0n) is 19.3. The molecule has 0 spiro atoms. The normalized spacial score (nSPS) is 15.1. The Bertz CT molecular complexity index is 1060. The zero-order chi connectivity index (χ0) is 22.5. The number of benzene rings is 2. The van der Waals surface area contributed by atoms with Crippen LogP contribution in [0.4, 0.5) is 0 Å². The number of rotatable bonds is 7. The number of hydrogen-bond acceptors (Lipinski definition) is 4. The Morgan fingerprint density at radius 3 is 2.66 bits per heavy atom. The van der Waals surface area contributed by atoms with Crippen molar-refractivity contribution >= 4 is 5.91 Å². The summed E-state index contributed by atoms with van der Waals surface area (Å²) in [5.74, 6) is 2.48. The third-order valence-electron chi connectivity index (χ3n) is 6.36. The molecule has 1 aliphatic rings. The van der Waals surface area contributed by atoms with Crippen molar-refractivity contribution in [2.75, 3.05) is 26.2 Å². The van der Waals surface area contributed by atoms with Crippen LogP contribution in [0.3, 0.4) is 0 Å². The summed E-state index contributed by atoms with van der Waals surface area (Å²) in [6.45, 7) is 10.8. The highest BCUT2D eigenvalue weighted by Gasteiger charge is 2.20. The average Bonchev–Trinajstić information content (AvgIpc) is 3.06. The van der Waals surface area contributed by atoms with Gasteiger partial charge >= 0.3 is 0 Å². The number of aromatic nitrogens is 3. The third kappa shape index (κ3) is 5.25. The number of nitrogens with one attached hydrogen (secondary N) is 1. The van der Waals surface area contributed by atoms with Crippen molar-refractivity contribution < 1.29 is 4.79 Å². The molecule has 6 nitrogen and oxygen atoms in total. The topological polar surface area (TPSA) is 63.1 Å². The van der Waals surface area contributed by atoms with Crippen molar-refractivity contribution in [3.8, 4) is 0 Å². The molecule has 0 saturated heterocycles. The van der Waals surface area contributed by atoms with E-state index in [1.54, 1.807) is 0 Å². The molecule has 1 aromatic heterocycles. The molecule has 0 saturated carbocycles. The molecule has 168 valence electrons. The van der Waals surface area contributed by atoms with E-state index in [1.165, 1.54) is 5.56 Å². The van der Waals surface area contributed by atoms with Crippen molar-refractivity contribution in [3.63, 3.8) is 0 Å². The fraction of sp³-hybridized carbons (Fsp3) is 0.423. The van der Waals surface area contributed by atoms with E-state index in [9.17, 15) is 4.79 Å². The molecule has 0 radical (unpaired) electrons. The molecule has 2 heterocycles. The minimum Gasteiger partial charge on any atom is -0.352 e. The lowest BCUT2D eigenvalue weighted by molar-refractivity contribution is 0.0953. The molecule has 0 bridgehead atoms. The Labute approximate surface area is 190 Å². The molecule has 6 heteroatoms. The van der Waals surface area contributed by atoms with Crippen molar-refractivity contribution in [1.29, 1.82) is 0 Å². The molecule has 0 aliphatic carbocycles. The fourth-order valence-corrected chi connectivity index (χ4v) is 4.52. The first kappa shape index (κ1) is 22.2. The SMILES string of the molecule is Cc1ccc(C(=O)NCCc2nnc3n2CCN(C[C@H](C)c2ccccc2)CC3)c(C)c1. The van der Waals surface area contributed by atoms with Crippen LogP contribution in [0.1, 0.15) is 51.5 Å². The van der Waals surface area contributed by atoms with Crippen LogP contribution in [-0.4, -0.2) is 51.8 Å². The van der Waals surface area contributed by atoms with Gasteiger partial charge in [0.1, 0.15) is 11.6 Å². The second-order valence-electron chi connectivity index (χ2n) is 8.87. The van der Waals surface area contributed by atoms with Crippen LogP contribution >= 0.6 is 0 Å². The van der Waals surface area contributed by atoms with Gasteiger partial charge in [0.05, 0.1) is 0 Å². The molecule has 1 N–H and O–H groups in total. The lowest BCUT2D eigenvalue weighted by atomic mass is 10.0. The van der Waals surface area contributed by atoms with E-state index in [4.69, 9.17) is 0 Å². The van der Waals surface area contributed by atoms with Gasteiger partial charge in [0.25, 0.3) is 5.91 Å². The van der Waals surface area contributed by atoms with E-state index in [0.29, 0.717) is 18.9 Å². The van der Waals surface area contributed by atoms with Crippen molar-refractivity contribution in [2.24, 2.45) is 0 Å². The summed E-state index contributed by atoms with van der Waals surface area (Å²) in [5, 5.41) is 11.9. The molecule has 1 atom stereocenters. The largest absolute Gasteiger partial charge is 0.352 e. The van der Waals surface area contributed by atoms with Gasteiger partial charge in [0.15, 0.2) is 0 Å². The molecule has 4 rings (SSSR count). The van der Waals surface area contributed by atoms with Gasteiger partial charge in [-0.25, -0.2) is 0 Å². The molecule has 2 aromatic carbocycles. The first-order valence-corrected chi connectivity index (χ1v) is 11.5. The summed E-state index contributed by atoms with van der Waals surface area (Å²) < 4.78 is 2.25. The highest BCUT2D eigenvalue weighted by molar-refractivity contribution is 5.95. The summed E-state index contributed by atoms with van der Waals surface area (Å²) in [5.41, 5.74) is 4.29. The maximum absolute atomic E-state index is 12.6. The van der Waals surface area contributed by atoms with Crippen LogP contribution in [0.5, 0.6) is 0 Å². The predicted molar refractivity (Wildman–Crippen MR) is 127 cm³/mol. The second kappa shape index (κ2) is 10.1. The van der Waals surface area contributed by atoms with Gasteiger partial charge in [0, 0.05) is 51.1 Å². The Morgan fingerprint density at radius 2 is 1.88 bits per heavy atom. The van der Waals surface area contributed by atoms with E-state index in [2.05, 4.69) is 62.2 Å². The summed E-state index contributed by atoms with van der Waals surface area (Å²) >= 11 is 0. The number of carbonyl (C=O) groups excluding carboxylic acids is 1. The Kier molecular flexibility index (Phi) is 7.00. The van der Waals surface area contributed by atoms with Gasteiger partial charge in [0.2, 0.25) is 0 Å². The summed E-state index contributed by atoms with van der Waals surface area (Å²) in [6.07, 6.45) is 1.59. The third-order valence-corrected chi connectivity index (χ3v) is 6.36. The van der Waals surface area contributed by atoms with Crippen LogP contribution in [0, 0.1) is 13.8 Å². The molecule has 1 amide bonds. The van der Waals surface area contributed by atoms with Crippen molar-refractivity contribution in [3.05, 3.63) is 82.4 Å². The Hall–Kier alpha value is -2.99. The van der Waals surface area contributed by atoms with E-state index < -0.39 is 0 Å². The van der Waals surface area contributed by atoms with Gasteiger partial charge in [-0.1, -0.05) is 55.0 Å². The summed E-state index contributed by atoms with van der Waals surface area (Å²) in [4.78, 5) is 15.1. The van der Waals surface area contributed by atoms with Crippen LogP contribution in [0.15, 0.2) is 48.5 Å². The molecule has 0 unspecified atom stereocenters. The smallest absolute Gasteiger partial charge is 0.251 e. The highest BCUT2D eigenvalue weighted by atomic mass is 16.1. The maximum atomic E-state index is 12.6. The van der Waals surface area contributed by atoms with Crippen LogP contribution < -0.4 is 5.32 Å². The lowest BCUT2D eigenvalue weighted by Crippen LogP contribution is -2.31. The molecule has 1 aliphatic heterocycles. The lowest BCUT2D eigenvalue weighted by Gasteiger charge is -2.24. The number of amides is 1. The van der Waals surface area contributed by atoms with Crippen LogP contribution in [-0.2, 0) is 19.4 Å². The average molecular weight is 432 g/mol. The quantitative estimate of drug-likeness (QED) is 0.622.